The third-order valence-corrected chi connectivity index (χ3v) is 7.40. The smallest absolute Gasteiger partial charge is 0.233 e. The number of phenolic OH excluding ortho intramolecular Hbond substituents is 1. The van der Waals surface area contributed by atoms with Gasteiger partial charge in [0.2, 0.25) is 11.8 Å². The molecule has 35 heavy (non-hydrogen) atoms. The molecule has 2 amide bonds. The Morgan fingerprint density at radius 2 is 1.77 bits per heavy atom. The quantitative estimate of drug-likeness (QED) is 0.292. The van der Waals surface area contributed by atoms with Crippen LogP contribution in [0.25, 0.3) is 6.08 Å². The van der Waals surface area contributed by atoms with E-state index in [1.54, 1.807) is 12.1 Å². The van der Waals surface area contributed by atoms with Crippen molar-refractivity contribution in [2.75, 3.05) is 13.2 Å². The van der Waals surface area contributed by atoms with Crippen LogP contribution in [0.4, 0.5) is 0 Å². The Bertz CT molecular complexity index is 948. The maximum absolute atomic E-state index is 13.2. The van der Waals surface area contributed by atoms with Gasteiger partial charge < -0.3 is 15.3 Å². The van der Waals surface area contributed by atoms with E-state index in [2.05, 4.69) is 19.9 Å². The van der Waals surface area contributed by atoms with Crippen LogP contribution in [-0.4, -0.2) is 51.3 Å². The molecule has 0 saturated carbocycles. The van der Waals surface area contributed by atoms with Crippen molar-refractivity contribution < 1.29 is 24.9 Å². The molecule has 4 atom stereocenters. The number of imide groups is 1. The van der Waals surface area contributed by atoms with Crippen molar-refractivity contribution >= 4 is 17.9 Å². The fourth-order valence-corrected chi connectivity index (χ4v) is 5.88. The van der Waals surface area contributed by atoms with Crippen molar-refractivity contribution in [2.24, 2.45) is 17.8 Å². The number of rotatable bonds is 12. The number of carbonyl (C=O) groups excluding carboxylic acids is 2. The number of benzene rings is 1. The van der Waals surface area contributed by atoms with Crippen LogP contribution in [-0.2, 0) is 9.59 Å². The number of allylic oxidation sites excluding steroid dienone is 2. The minimum Gasteiger partial charge on any atom is -0.508 e. The summed E-state index contributed by atoms with van der Waals surface area (Å²) < 4.78 is 0. The largest absolute Gasteiger partial charge is 0.508 e. The number of carbonyl (C=O) groups is 2. The summed E-state index contributed by atoms with van der Waals surface area (Å²) in [6.07, 6.45) is 7.27. The molecule has 1 fully saturated rings. The Labute approximate surface area is 209 Å². The van der Waals surface area contributed by atoms with Crippen LogP contribution in [0.3, 0.4) is 0 Å². The van der Waals surface area contributed by atoms with Gasteiger partial charge in [-0.25, -0.2) is 0 Å². The van der Waals surface area contributed by atoms with Crippen LogP contribution in [0.1, 0.15) is 77.7 Å². The summed E-state index contributed by atoms with van der Waals surface area (Å²) in [5.74, 6) is -1.60. The molecule has 1 saturated heterocycles. The fraction of sp³-hybridized carbons (Fsp3) is 0.586. The second kappa shape index (κ2) is 12.5. The molecular formula is C29H41NO5. The molecule has 192 valence electrons. The Balaban J connectivity index is 1.85. The van der Waals surface area contributed by atoms with Gasteiger partial charge in [-0.05, 0) is 61.8 Å². The highest BCUT2D eigenvalue weighted by Gasteiger charge is 2.54. The molecule has 1 aromatic rings. The van der Waals surface area contributed by atoms with Crippen molar-refractivity contribution in [3.05, 3.63) is 46.5 Å². The number of aromatic hydroxyl groups is 1. The first-order chi connectivity index (χ1) is 16.9. The lowest BCUT2D eigenvalue weighted by Crippen LogP contribution is -2.39. The summed E-state index contributed by atoms with van der Waals surface area (Å²) in [7, 11) is 0. The van der Waals surface area contributed by atoms with E-state index in [0.29, 0.717) is 32.2 Å². The van der Waals surface area contributed by atoms with Crippen LogP contribution in [0.2, 0.25) is 0 Å². The van der Waals surface area contributed by atoms with E-state index in [1.165, 1.54) is 10.5 Å². The zero-order valence-electron chi connectivity index (χ0n) is 21.4. The lowest BCUT2D eigenvalue weighted by molar-refractivity contribution is -0.140. The maximum Gasteiger partial charge on any atom is 0.233 e. The summed E-state index contributed by atoms with van der Waals surface area (Å²) >= 11 is 0. The Morgan fingerprint density at radius 1 is 1.06 bits per heavy atom. The molecule has 3 N–H and O–H groups in total. The van der Waals surface area contributed by atoms with Gasteiger partial charge >= 0.3 is 0 Å². The van der Waals surface area contributed by atoms with Crippen molar-refractivity contribution in [3.8, 4) is 5.75 Å². The molecule has 0 unspecified atom stereocenters. The third-order valence-electron chi connectivity index (χ3n) is 7.40. The van der Waals surface area contributed by atoms with E-state index in [4.69, 9.17) is 0 Å². The number of likely N-dealkylation sites (tertiary alicyclic amines) is 1. The van der Waals surface area contributed by atoms with E-state index in [9.17, 15) is 24.9 Å². The van der Waals surface area contributed by atoms with E-state index in [0.717, 1.165) is 42.4 Å². The molecule has 6 nitrogen and oxygen atoms in total. The van der Waals surface area contributed by atoms with E-state index < -0.39 is 23.9 Å². The number of aliphatic hydroxyl groups excluding tert-OH is 2. The Hall–Kier alpha value is -2.44. The minimum atomic E-state index is -0.766. The molecule has 6 heteroatoms. The number of fused-ring (bicyclic) bond motifs is 1. The van der Waals surface area contributed by atoms with Gasteiger partial charge in [0.25, 0.3) is 0 Å². The van der Waals surface area contributed by atoms with Crippen LogP contribution in [0.5, 0.6) is 5.75 Å². The second-order valence-electron chi connectivity index (χ2n) is 9.96. The van der Waals surface area contributed by atoms with Gasteiger partial charge in [0, 0.05) is 12.5 Å². The highest BCUT2D eigenvalue weighted by molar-refractivity contribution is 6.05. The Kier molecular flexibility index (Phi) is 9.70. The SMILES string of the molecule is CCCC1=C([C@H](O)CC/C(=C/c2ccc(O)cc2)CCC)[C@H](CO)[C@@H]2C(=O)N(CCC)C(=O)[C@@H]2C1. The first kappa shape index (κ1) is 27.2. The summed E-state index contributed by atoms with van der Waals surface area (Å²) in [5, 5.41) is 31.3. The van der Waals surface area contributed by atoms with Gasteiger partial charge in [0.05, 0.1) is 24.5 Å². The van der Waals surface area contributed by atoms with E-state index in [1.807, 2.05) is 19.1 Å². The summed E-state index contributed by atoms with van der Waals surface area (Å²) in [6.45, 7) is 6.30. The molecule has 0 bridgehead atoms. The minimum absolute atomic E-state index is 0.121. The topological polar surface area (TPSA) is 98.1 Å². The normalized spacial score (nSPS) is 23.7. The lowest BCUT2D eigenvalue weighted by Gasteiger charge is -2.36. The second-order valence-corrected chi connectivity index (χ2v) is 9.96. The number of amides is 2. The molecule has 0 aromatic heterocycles. The monoisotopic (exact) mass is 483 g/mol. The number of hydrogen-bond donors (Lipinski definition) is 3. The van der Waals surface area contributed by atoms with Crippen LogP contribution >= 0.6 is 0 Å². The molecule has 3 rings (SSSR count). The first-order valence-electron chi connectivity index (χ1n) is 13.2. The Morgan fingerprint density at radius 3 is 2.37 bits per heavy atom. The first-order valence-corrected chi connectivity index (χ1v) is 13.2. The highest BCUT2D eigenvalue weighted by Crippen LogP contribution is 2.47. The number of aliphatic hydroxyl groups is 2. The zero-order chi connectivity index (χ0) is 25.5. The van der Waals surface area contributed by atoms with Crippen molar-refractivity contribution in [1.29, 1.82) is 0 Å². The highest BCUT2D eigenvalue weighted by atomic mass is 16.3. The van der Waals surface area contributed by atoms with E-state index in [-0.39, 0.29) is 24.2 Å². The molecule has 1 aliphatic heterocycles. The van der Waals surface area contributed by atoms with E-state index >= 15 is 0 Å². The van der Waals surface area contributed by atoms with Crippen molar-refractivity contribution in [3.63, 3.8) is 0 Å². The number of phenols is 1. The average molecular weight is 484 g/mol. The standard InChI is InChI=1S/C29H41NO5/c1-4-7-19(16-20-9-12-22(32)13-10-20)11-14-25(33)26-21(8-5-2)17-23-27(24(26)18-31)29(35)30(15-6-3)28(23)34/h9-10,12-13,16,23-25,27,31-33H,4-8,11,14-15,17-18H2,1-3H3/b19-16+/t23-,24+,25-,27-/m1/s1. The maximum atomic E-state index is 13.2. The molecule has 0 radical (unpaired) electrons. The molecule has 1 aliphatic carbocycles. The number of hydrogen-bond acceptors (Lipinski definition) is 5. The van der Waals surface area contributed by atoms with Gasteiger partial charge in [-0.1, -0.05) is 63.0 Å². The van der Waals surface area contributed by atoms with Crippen molar-refractivity contribution in [1.82, 2.24) is 4.90 Å². The molecule has 1 heterocycles. The summed E-state index contributed by atoms with van der Waals surface area (Å²) in [4.78, 5) is 27.6. The third kappa shape index (κ3) is 6.04. The van der Waals surface area contributed by atoms with Gasteiger partial charge in [0.15, 0.2) is 0 Å². The summed E-state index contributed by atoms with van der Waals surface area (Å²) in [6, 6.07) is 7.07. The van der Waals surface area contributed by atoms with Gasteiger partial charge in [-0.2, -0.15) is 0 Å². The zero-order valence-corrected chi connectivity index (χ0v) is 21.4. The predicted octanol–water partition coefficient (Wildman–Crippen LogP) is 4.84. The van der Waals surface area contributed by atoms with Crippen molar-refractivity contribution in [2.45, 2.75) is 78.2 Å². The molecular weight excluding hydrogens is 442 g/mol. The predicted molar refractivity (Wildman–Crippen MR) is 137 cm³/mol. The van der Waals surface area contributed by atoms with Gasteiger partial charge in [0.1, 0.15) is 5.75 Å². The van der Waals surface area contributed by atoms with Crippen LogP contribution < -0.4 is 0 Å². The molecule has 0 spiro atoms. The van der Waals surface area contributed by atoms with Crippen LogP contribution in [0.15, 0.2) is 41.0 Å². The summed E-state index contributed by atoms with van der Waals surface area (Å²) in [5.41, 5.74) is 4.05. The number of nitrogens with zero attached hydrogens (tertiary/aromatic N) is 1. The van der Waals surface area contributed by atoms with Gasteiger partial charge in [-0.3, -0.25) is 14.5 Å². The molecule has 2 aliphatic rings. The average Bonchev–Trinajstić information content (AvgIpc) is 3.08. The van der Waals surface area contributed by atoms with Gasteiger partial charge in [-0.15, -0.1) is 0 Å². The molecule has 1 aromatic carbocycles. The lowest BCUT2D eigenvalue weighted by atomic mass is 9.67. The van der Waals surface area contributed by atoms with Crippen LogP contribution in [0, 0.1) is 17.8 Å². The fourth-order valence-electron chi connectivity index (χ4n) is 5.88.